The highest BCUT2D eigenvalue weighted by Gasteiger charge is 2.55. The van der Waals surface area contributed by atoms with Crippen LogP contribution in [0.1, 0.15) is 90.7 Å². The fourth-order valence-corrected chi connectivity index (χ4v) is 14.2. The number of likely N-dealkylation sites (tertiary alicyclic amines) is 1. The Morgan fingerprint density at radius 2 is 1.56 bits per heavy atom. The SMILES string of the molecule is CO[C@@H]1[C@H](N(C)C(=O)c2cccc(OCCOCCOCCOCCC(=O)N[C@H](C(=O)N3C[C@H](O)C[C@H]3C(=O)NCc3ccc(-c4scnc4C)cc3)C(C)(C)C)c2)C[C@H]2O[C@]1(C)n1c3ccccc3c3c4c(c5c6ccccc6n2c5c31)C(=O)NC4. The normalized spacial score (nSPS) is 20.9. The Balaban J connectivity index is 0.589. The molecule has 7 atom stereocenters. The van der Waals surface area contributed by atoms with Gasteiger partial charge in [-0.3, -0.25) is 24.0 Å². The van der Waals surface area contributed by atoms with Gasteiger partial charge in [0, 0.05) is 80.2 Å². The van der Waals surface area contributed by atoms with Crippen LogP contribution in [0.15, 0.2) is 103 Å². The van der Waals surface area contributed by atoms with E-state index in [9.17, 15) is 29.1 Å². The largest absolute Gasteiger partial charge is 0.491 e. The van der Waals surface area contributed by atoms with Gasteiger partial charge in [-0.25, -0.2) is 4.98 Å². The minimum Gasteiger partial charge on any atom is -0.491 e. The minimum absolute atomic E-state index is 0.000262. The molecule has 7 heterocycles. The lowest BCUT2D eigenvalue weighted by Gasteiger charge is -2.50. The van der Waals surface area contributed by atoms with Crippen molar-refractivity contribution in [2.75, 3.05) is 67.0 Å². The number of hydrogen-bond donors (Lipinski definition) is 4. The lowest BCUT2D eigenvalue weighted by molar-refractivity contribution is -0.264. The summed E-state index contributed by atoms with van der Waals surface area (Å²) in [5, 5.41) is 23.5. The number of nitrogens with zero attached hydrogens (tertiary/aromatic N) is 5. The average molecular weight is 1200 g/mol. The van der Waals surface area contributed by atoms with Gasteiger partial charge in [-0.1, -0.05) is 87.5 Å². The summed E-state index contributed by atoms with van der Waals surface area (Å²) >= 11 is 1.57. The lowest BCUT2D eigenvalue weighted by Crippen LogP contribution is -2.61. The highest BCUT2D eigenvalue weighted by molar-refractivity contribution is 7.13. The number of likely N-dealkylation sites (N-methyl/N-ethyl adjacent to an activating group) is 1. The maximum Gasteiger partial charge on any atom is 0.254 e. The fourth-order valence-electron chi connectivity index (χ4n) is 13.4. The van der Waals surface area contributed by atoms with Crippen molar-refractivity contribution >= 4 is 84.5 Å². The second-order valence-electron chi connectivity index (χ2n) is 24.1. The van der Waals surface area contributed by atoms with E-state index in [2.05, 4.69) is 61.3 Å². The number of amides is 5. The van der Waals surface area contributed by atoms with E-state index in [1.165, 1.54) is 4.90 Å². The first-order chi connectivity index (χ1) is 42.0. The standard InChI is InChI=1S/C66H74N8O12S/c1-38-58(87-37-69-38)40-21-19-39(20-22-40)34-67-61(77)50-32-42(75)36-72(50)64(80)59(65(2,3)4)70-51(76)23-24-82-25-26-83-27-28-84-29-30-85-43-14-12-13-41(31-43)63(79)71(6)49-33-52-73-47-17-10-8-15-44(47)54-55-46(35-68-62(55)78)53-45-16-9-11-18-48(45)74(57(53)56(54)73)66(5,86-52)60(49)81-7/h8-22,31,37,42,49-50,52,59-60,75H,23-30,32-36H2,1-7H3,(H,67,77)(H,68,78)(H,70,76)/t42-,49-,50+,52-,59-,60-,66+/m1/s1. The molecule has 0 spiro atoms. The van der Waals surface area contributed by atoms with Crippen LogP contribution in [0.4, 0.5) is 0 Å². The van der Waals surface area contributed by atoms with Gasteiger partial charge in [-0.2, -0.15) is 0 Å². The van der Waals surface area contributed by atoms with E-state index in [0.717, 1.165) is 70.9 Å². The molecule has 456 valence electrons. The molecule has 4 aliphatic rings. The molecular formula is C66H74N8O12S. The topological polar surface area (TPSA) is 226 Å². The van der Waals surface area contributed by atoms with Gasteiger partial charge in [-0.15, -0.1) is 11.3 Å². The smallest absolute Gasteiger partial charge is 0.254 e. The second kappa shape index (κ2) is 24.4. The van der Waals surface area contributed by atoms with E-state index in [4.69, 9.17) is 28.4 Å². The number of hydrogen-bond acceptors (Lipinski definition) is 14. The van der Waals surface area contributed by atoms with Crippen molar-refractivity contribution in [2.45, 2.75) is 109 Å². The predicted molar refractivity (Wildman–Crippen MR) is 329 cm³/mol. The van der Waals surface area contributed by atoms with E-state index < -0.39 is 53.6 Å². The molecule has 0 unspecified atom stereocenters. The molecule has 12 rings (SSSR count). The van der Waals surface area contributed by atoms with Gasteiger partial charge in [0.05, 0.1) is 95.5 Å². The Morgan fingerprint density at radius 1 is 0.874 bits per heavy atom. The van der Waals surface area contributed by atoms with Crippen molar-refractivity contribution < 1.29 is 57.5 Å². The molecule has 2 bridgehead atoms. The van der Waals surface area contributed by atoms with Gasteiger partial charge < -0.3 is 68.4 Å². The van der Waals surface area contributed by atoms with Gasteiger partial charge in [0.25, 0.3) is 11.8 Å². The Kier molecular flexibility index (Phi) is 16.7. The summed E-state index contributed by atoms with van der Waals surface area (Å²) in [6.45, 7) is 11.9. The van der Waals surface area contributed by atoms with Crippen molar-refractivity contribution in [2.24, 2.45) is 5.41 Å². The third-order valence-electron chi connectivity index (χ3n) is 17.5. The zero-order valence-electron chi connectivity index (χ0n) is 50.1. The van der Waals surface area contributed by atoms with Gasteiger partial charge in [0.1, 0.15) is 36.8 Å². The highest BCUT2D eigenvalue weighted by Crippen LogP contribution is 2.54. The third-order valence-corrected chi connectivity index (χ3v) is 18.5. The predicted octanol–water partition coefficient (Wildman–Crippen LogP) is 7.97. The summed E-state index contributed by atoms with van der Waals surface area (Å²) in [5.74, 6) is -0.966. The number of fused-ring (bicyclic) bond motifs is 13. The molecular weight excluding hydrogens is 1130 g/mol. The number of ether oxygens (including phenoxy) is 6. The Bertz CT molecular complexity index is 3940. The molecule has 5 amide bonds. The van der Waals surface area contributed by atoms with E-state index >= 15 is 0 Å². The Morgan fingerprint density at radius 3 is 2.26 bits per heavy atom. The Hall–Kier alpha value is -7.76. The molecule has 87 heavy (non-hydrogen) atoms. The summed E-state index contributed by atoms with van der Waals surface area (Å²) < 4.78 is 41.6. The molecule has 3 aromatic heterocycles. The molecule has 0 saturated carbocycles. The summed E-state index contributed by atoms with van der Waals surface area (Å²) in [4.78, 5) is 77.9. The van der Waals surface area contributed by atoms with Crippen molar-refractivity contribution in [3.8, 4) is 16.2 Å². The third kappa shape index (κ3) is 11.1. The number of rotatable bonds is 22. The molecule has 5 aromatic carbocycles. The van der Waals surface area contributed by atoms with Gasteiger partial charge in [0.2, 0.25) is 17.7 Å². The number of nitrogens with one attached hydrogen (secondary N) is 3. The number of benzene rings is 5. The molecule has 21 heteroatoms. The van der Waals surface area contributed by atoms with Gasteiger partial charge in [-0.05, 0) is 66.3 Å². The van der Waals surface area contributed by atoms with Crippen LogP contribution in [0.25, 0.3) is 54.1 Å². The van der Waals surface area contributed by atoms with Crippen molar-refractivity contribution in [3.63, 3.8) is 0 Å². The number of para-hydroxylation sites is 2. The lowest BCUT2D eigenvalue weighted by atomic mass is 9.85. The molecule has 2 saturated heterocycles. The van der Waals surface area contributed by atoms with E-state index in [-0.39, 0.29) is 82.6 Å². The monoisotopic (exact) mass is 1200 g/mol. The van der Waals surface area contributed by atoms with Gasteiger partial charge in [0.15, 0.2) is 5.72 Å². The molecule has 20 nitrogen and oxygen atoms in total. The van der Waals surface area contributed by atoms with Crippen LogP contribution >= 0.6 is 11.3 Å². The fraction of sp³-hybridized carbons (Fsp3) is 0.424. The summed E-state index contributed by atoms with van der Waals surface area (Å²) in [6, 6.07) is 29.1. The number of aliphatic hydroxyl groups excluding tert-OH is 1. The van der Waals surface area contributed by atoms with Crippen molar-refractivity contribution in [1.82, 2.24) is 39.9 Å². The Labute approximate surface area is 507 Å². The quantitative estimate of drug-likeness (QED) is 0.0473. The number of β-amino-alcohol motifs (C(OH)–C–C–N with tert-alkyl or cyclic N) is 1. The van der Waals surface area contributed by atoms with E-state index in [1.54, 1.807) is 47.6 Å². The first-order valence-corrected chi connectivity index (χ1v) is 30.6. The van der Waals surface area contributed by atoms with E-state index in [0.29, 0.717) is 43.1 Å². The van der Waals surface area contributed by atoms with Crippen LogP contribution in [0.3, 0.4) is 0 Å². The van der Waals surface area contributed by atoms with Crippen LogP contribution in [-0.4, -0.2) is 156 Å². The van der Waals surface area contributed by atoms with Crippen LogP contribution in [0.2, 0.25) is 0 Å². The molecule has 8 aromatic rings. The van der Waals surface area contributed by atoms with Crippen LogP contribution in [-0.2, 0) is 56.9 Å². The maximum atomic E-state index is 14.7. The number of carbonyl (C=O) groups excluding carboxylic acids is 5. The van der Waals surface area contributed by atoms with E-state index in [1.807, 2.05) is 88.8 Å². The molecule has 4 N–H and O–H groups in total. The molecule has 4 aliphatic heterocycles. The first kappa shape index (κ1) is 59.6. The van der Waals surface area contributed by atoms with Crippen LogP contribution in [0.5, 0.6) is 5.75 Å². The summed E-state index contributed by atoms with van der Waals surface area (Å²) in [5.41, 5.74) is 8.83. The number of aromatic nitrogens is 3. The molecule has 0 aliphatic carbocycles. The number of aryl methyl sites for hydroxylation is 1. The van der Waals surface area contributed by atoms with Crippen LogP contribution in [0, 0.1) is 12.3 Å². The number of methoxy groups -OCH3 is 1. The minimum atomic E-state index is -1.10. The number of thiazole rings is 1. The molecule has 0 radical (unpaired) electrons. The van der Waals surface area contributed by atoms with Crippen molar-refractivity contribution in [1.29, 1.82) is 0 Å². The second-order valence-corrected chi connectivity index (χ2v) is 25.0. The maximum absolute atomic E-state index is 14.7. The zero-order valence-corrected chi connectivity index (χ0v) is 50.9. The first-order valence-electron chi connectivity index (χ1n) is 29.7. The molecule has 2 fully saturated rings. The van der Waals surface area contributed by atoms with Crippen molar-refractivity contribution in [3.05, 3.63) is 131 Å². The van der Waals surface area contributed by atoms with Crippen LogP contribution < -0.4 is 20.7 Å². The highest BCUT2D eigenvalue weighted by atomic mass is 32.1. The van der Waals surface area contributed by atoms with Gasteiger partial charge >= 0.3 is 0 Å². The number of carbonyl (C=O) groups is 5. The summed E-state index contributed by atoms with van der Waals surface area (Å²) in [7, 11) is 3.49. The zero-order chi connectivity index (χ0) is 60.9. The number of aliphatic hydroxyl groups is 1. The summed E-state index contributed by atoms with van der Waals surface area (Å²) in [6.07, 6.45) is -1.52. The average Bonchev–Trinajstić information content (AvgIpc) is 1.51.